The highest BCUT2D eigenvalue weighted by Crippen LogP contribution is 2.36. The van der Waals surface area contributed by atoms with E-state index in [2.05, 4.69) is 29.1 Å². The predicted octanol–water partition coefficient (Wildman–Crippen LogP) is 1.48. The zero-order valence-electron chi connectivity index (χ0n) is 8.11. The van der Waals surface area contributed by atoms with Crippen LogP contribution in [0.1, 0.15) is 19.8 Å². The van der Waals surface area contributed by atoms with Crippen molar-refractivity contribution < 1.29 is 0 Å². The maximum atomic E-state index is 4.68. The molecule has 4 aliphatic heterocycles. The van der Waals surface area contributed by atoms with E-state index in [9.17, 15) is 0 Å². The van der Waals surface area contributed by atoms with Crippen LogP contribution in [0.3, 0.4) is 0 Å². The monoisotopic (exact) mass is 176 g/mol. The van der Waals surface area contributed by atoms with Gasteiger partial charge in [-0.2, -0.15) is 0 Å². The molecule has 4 rings (SSSR count). The van der Waals surface area contributed by atoms with Gasteiger partial charge in [0.25, 0.3) is 0 Å². The van der Waals surface area contributed by atoms with Crippen molar-refractivity contribution in [1.29, 1.82) is 0 Å². The summed E-state index contributed by atoms with van der Waals surface area (Å²) in [5.74, 6) is 0.871. The van der Waals surface area contributed by atoms with Gasteiger partial charge in [0.2, 0.25) is 0 Å². The van der Waals surface area contributed by atoms with E-state index in [0.717, 1.165) is 5.92 Å². The molecule has 0 unspecified atom stereocenters. The van der Waals surface area contributed by atoms with Crippen LogP contribution in [0.2, 0.25) is 0 Å². The van der Waals surface area contributed by atoms with E-state index >= 15 is 0 Å². The third-order valence-corrected chi connectivity index (χ3v) is 3.71. The van der Waals surface area contributed by atoms with E-state index in [-0.39, 0.29) is 0 Å². The van der Waals surface area contributed by atoms with Crippen molar-refractivity contribution in [3.8, 4) is 0 Å². The molecule has 0 aliphatic carbocycles. The highest BCUT2D eigenvalue weighted by atomic mass is 15.2. The third-order valence-electron chi connectivity index (χ3n) is 3.71. The average molecular weight is 176 g/mol. The van der Waals surface area contributed by atoms with Gasteiger partial charge in [0.1, 0.15) is 0 Å². The van der Waals surface area contributed by atoms with E-state index in [4.69, 9.17) is 0 Å². The summed E-state index contributed by atoms with van der Waals surface area (Å²) in [7, 11) is 0. The number of hydrogen-bond donors (Lipinski definition) is 0. The maximum Gasteiger partial charge on any atom is 0.0719 e. The lowest BCUT2D eigenvalue weighted by Crippen LogP contribution is -2.57. The van der Waals surface area contributed by atoms with Crippen LogP contribution in [0.5, 0.6) is 0 Å². The number of fused-ring (bicyclic) bond motifs is 2. The number of nitrogens with zero attached hydrogens (tertiary/aromatic N) is 2. The zero-order valence-corrected chi connectivity index (χ0v) is 8.11. The van der Waals surface area contributed by atoms with Crippen LogP contribution in [0.15, 0.2) is 16.6 Å². The number of allylic oxidation sites excluding steroid dienone is 1. The summed E-state index contributed by atoms with van der Waals surface area (Å²) in [6, 6.07) is 1.23. The van der Waals surface area contributed by atoms with E-state index < -0.39 is 0 Å². The minimum Gasteiger partial charge on any atom is -0.295 e. The Morgan fingerprint density at radius 2 is 2.15 bits per heavy atom. The highest BCUT2D eigenvalue weighted by Gasteiger charge is 2.41. The number of rotatable bonds is 0. The first-order chi connectivity index (χ1) is 6.34. The Labute approximate surface area is 79.3 Å². The normalized spacial score (nSPS) is 47.3. The lowest BCUT2D eigenvalue weighted by Gasteiger charge is -2.49. The fourth-order valence-electron chi connectivity index (χ4n) is 2.98. The molecule has 13 heavy (non-hydrogen) atoms. The lowest BCUT2D eigenvalue weighted by atomic mass is 9.77. The molecular formula is C11H16N2. The smallest absolute Gasteiger partial charge is 0.0719 e. The molecule has 0 aromatic heterocycles. The van der Waals surface area contributed by atoms with Crippen LogP contribution >= 0.6 is 0 Å². The molecule has 4 heterocycles. The summed E-state index contributed by atoms with van der Waals surface area (Å²) in [4.78, 5) is 7.28. The quantitative estimate of drug-likeness (QED) is 0.546. The molecule has 3 fully saturated rings. The van der Waals surface area contributed by atoms with Gasteiger partial charge in [0.15, 0.2) is 0 Å². The molecule has 0 N–H and O–H groups in total. The topological polar surface area (TPSA) is 15.6 Å². The molecule has 2 bridgehead atoms. The standard InChI is InChI=1S/C11H16N2/c1-8-6-10-11(12-7-8)9-2-4-13(10)5-3-9/h6-7,9-11H,2-5H2,1H3/t10-,11-/m0/s1. The van der Waals surface area contributed by atoms with Crippen LogP contribution < -0.4 is 0 Å². The second-order valence-electron chi connectivity index (χ2n) is 4.54. The Balaban J connectivity index is 1.94. The zero-order chi connectivity index (χ0) is 8.84. The van der Waals surface area contributed by atoms with Gasteiger partial charge < -0.3 is 0 Å². The van der Waals surface area contributed by atoms with Crippen molar-refractivity contribution in [2.75, 3.05) is 13.1 Å². The predicted molar refractivity (Wildman–Crippen MR) is 54.1 cm³/mol. The van der Waals surface area contributed by atoms with Crippen LogP contribution in [-0.2, 0) is 0 Å². The van der Waals surface area contributed by atoms with Gasteiger partial charge in [-0.1, -0.05) is 6.08 Å². The maximum absolute atomic E-state index is 4.68. The fourth-order valence-corrected chi connectivity index (χ4v) is 2.98. The number of aliphatic imine (C=N–C) groups is 1. The summed E-state index contributed by atoms with van der Waals surface area (Å²) in [5, 5.41) is 0. The molecule has 2 atom stereocenters. The molecule has 2 heteroatoms. The molecule has 0 radical (unpaired) electrons. The van der Waals surface area contributed by atoms with Gasteiger partial charge in [0.05, 0.1) is 12.1 Å². The van der Waals surface area contributed by atoms with Crippen LogP contribution in [0.25, 0.3) is 0 Å². The lowest BCUT2D eigenvalue weighted by molar-refractivity contribution is 0.0519. The largest absolute Gasteiger partial charge is 0.295 e. The molecule has 2 nitrogen and oxygen atoms in total. The Kier molecular flexibility index (Phi) is 1.59. The molecule has 0 aromatic carbocycles. The third kappa shape index (κ3) is 1.08. The number of hydrogen-bond acceptors (Lipinski definition) is 2. The second-order valence-corrected chi connectivity index (χ2v) is 4.54. The Morgan fingerprint density at radius 1 is 1.38 bits per heavy atom. The first-order valence-electron chi connectivity index (χ1n) is 5.30. The van der Waals surface area contributed by atoms with E-state index in [0.29, 0.717) is 12.1 Å². The first-order valence-corrected chi connectivity index (χ1v) is 5.30. The molecular weight excluding hydrogens is 160 g/mol. The molecule has 4 aliphatic rings. The van der Waals surface area contributed by atoms with Gasteiger partial charge in [0, 0.05) is 6.21 Å². The Bertz CT molecular complexity index is 272. The molecule has 0 amide bonds. The van der Waals surface area contributed by atoms with Crippen molar-refractivity contribution in [1.82, 2.24) is 4.90 Å². The van der Waals surface area contributed by atoms with Crippen LogP contribution in [-0.4, -0.2) is 36.3 Å². The van der Waals surface area contributed by atoms with Gasteiger partial charge in [-0.15, -0.1) is 0 Å². The van der Waals surface area contributed by atoms with Gasteiger partial charge >= 0.3 is 0 Å². The summed E-state index contributed by atoms with van der Waals surface area (Å²) in [6.45, 7) is 4.75. The van der Waals surface area contributed by atoms with Crippen molar-refractivity contribution in [2.24, 2.45) is 10.9 Å². The Morgan fingerprint density at radius 3 is 2.92 bits per heavy atom. The molecule has 0 saturated carbocycles. The minimum absolute atomic E-state index is 0.589. The van der Waals surface area contributed by atoms with Crippen LogP contribution in [0.4, 0.5) is 0 Å². The molecule has 0 aromatic rings. The Hall–Kier alpha value is -0.630. The molecule has 3 saturated heterocycles. The fraction of sp³-hybridized carbons (Fsp3) is 0.727. The number of dihydropyridines is 1. The average Bonchev–Trinajstić information content (AvgIpc) is 2.19. The van der Waals surface area contributed by atoms with Crippen molar-refractivity contribution in [3.05, 3.63) is 11.6 Å². The molecule has 0 spiro atoms. The minimum atomic E-state index is 0.589. The summed E-state index contributed by atoms with van der Waals surface area (Å²) < 4.78 is 0. The van der Waals surface area contributed by atoms with Crippen molar-refractivity contribution in [2.45, 2.75) is 31.8 Å². The van der Waals surface area contributed by atoms with E-state index in [1.165, 1.54) is 31.5 Å². The van der Waals surface area contributed by atoms with Gasteiger partial charge in [-0.25, -0.2) is 0 Å². The highest BCUT2D eigenvalue weighted by molar-refractivity contribution is 5.79. The second kappa shape index (κ2) is 2.68. The molecule has 70 valence electrons. The summed E-state index contributed by atoms with van der Waals surface area (Å²) >= 11 is 0. The van der Waals surface area contributed by atoms with Crippen molar-refractivity contribution in [3.63, 3.8) is 0 Å². The first kappa shape index (κ1) is 7.74. The number of piperidine rings is 3. The SMILES string of the molecule is CC1=C[C@H]2[C@@H](N=C1)C1CCN2CC1. The summed E-state index contributed by atoms with van der Waals surface area (Å²) in [5.41, 5.74) is 1.34. The van der Waals surface area contributed by atoms with Gasteiger partial charge in [-0.3, -0.25) is 9.89 Å². The van der Waals surface area contributed by atoms with E-state index in [1.54, 1.807) is 0 Å². The summed E-state index contributed by atoms with van der Waals surface area (Å²) in [6.07, 6.45) is 7.20. The van der Waals surface area contributed by atoms with E-state index in [1.807, 2.05) is 0 Å². The van der Waals surface area contributed by atoms with Gasteiger partial charge in [-0.05, 0) is 44.3 Å². The van der Waals surface area contributed by atoms with Crippen molar-refractivity contribution >= 4 is 6.21 Å². The van der Waals surface area contributed by atoms with Crippen LogP contribution in [0, 0.1) is 5.92 Å².